The number of urea groups is 1. The van der Waals surface area contributed by atoms with Gasteiger partial charge in [-0.15, -0.1) is 0 Å². The van der Waals surface area contributed by atoms with Crippen LogP contribution in [-0.2, 0) is 34.9 Å². The Labute approximate surface area is 436 Å². The Morgan fingerprint density at radius 1 is 0.627 bits per heavy atom. The number of hydrogen-bond donors (Lipinski definition) is 1. The van der Waals surface area contributed by atoms with Crippen LogP contribution < -0.4 is 15.1 Å². The number of rotatable bonds is 12. The van der Waals surface area contributed by atoms with Gasteiger partial charge in [0.1, 0.15) is 23.8 Å². The molecule has 0 bridgehead atoms. The Hall–Kier alpha value is -6.31. The smallest absolute Gasteiger partial charge is 0.416 e. The molecule has 4 aliphatic heterocycles. The van der Waals surface area contributed by atoms with Gasteiger partial charge in [-0.25, -0.2) is 24.4 Å². The second-order valence-corrected chi connectivity index (χ2v) is 20.5. The number of cyclic esters (lactones) is 2. The van der Waals surface area contributed by atoms with Crippen LogP contribution in [0, 0.1) is 27.7 Å². The van der Waals surface area contributed by atoms with Gasteiger partial charge in [0.25, 0.3) is 0 Å². The number of carbonyl (C=O) groups is 3. The number of ether oxygens (including phenoxy) is 2. The third kappa shape index (κ3) is 13.0. The molecule has 0 spiro atoms. The first-order valence-electron chi connectivity index (χ1n) is 25.8. The molecule has 0 aliphatic carbocycles. The van der Waals surface area contributed by atoms with Crippen molar-refractivity contribution in [2.75, 3.05) is 63.2 Å². The molecule has 2 aromatic heterocycles. The number of halogens is 6. The number of benzene rings is 2. The van der Waals surface area contributed by atoms with Crippen LogP contribution in [0.2, 0.25) is 0 Å². The van der Waals surface area contributed by atoms with E-state index in [1.54, 1.807) is 67.9 Å². The van der Waals surface area contributed by atoms with Crippen LogP contribution in [0.1, 0.15) is 121 Å². The summed E-state index contributed by atoms with van der Waals surface area (Å²) in [5.74, 6) is 1.62. The van der Waals surface area contributed by atoms with E-state index in [-0.39, 0.29) is 25.2 Å². The van der Waals surface area contributed by atoms with Crippen molar-refractivity contribution in [2.45, 2.75) is 143 Å². The van der Waals surface area contributed by atoms with Gasteiger partial charge < -0.3 is 34.4 Å². The fraction of sp³-hybridized carbons (Fsp3) is 0.545. The predicted octanol–water partition coefficient (Wildman–Crippen LogP) is 11.1. The van der Waals surface area contributed by atoms with Crippen molar-refractivity contribution in [3.63, 3.8) is 0 Å². The minimum atomic E-state index is -4.49. The van der Waals surface area contributed by atoms with E-state index < -0.39 is 60.0 Å². The summed E-state index contributed by atoms with van der Waals surface area (Å²) in [5.41, 5.74) is 3.79. The second kappa shape index (κ2) is 23.3. The van der Waals surface area contributed by atoms with Crippen LogP contribution >= 0.6 is 0 Å². The molecule has 6 heterocycles. The maximum Gasteiger partial charge on any atom is 0.416 e. The number of likely N-dealkylation sites (tertiary alicyclic amines) is 1. The second-order valence-electron chi connectivity index (χ2n) is 20.5. The van der Waals surface area contributed by atoms with Gasteiger partial charge in [0.15, 0.2) is 0 Å². The molecule has 75 heavy (non-hydrogen) atoms. The average Bonchev–Trinajstić information content (AvgIpc) is 3.80. The molecule has 408 valence electrons. The molecule has 0 radical (unpaired) electrons. The molecule has 0 unspecified atom stereocenters. The molecule has 14 nitrogen and oxygen atoms in total. The maximum atomic E-state index is 13.5. The molecule has 4 atom stereocenters. The Bertz CT molecular complexity index is 2670. The molecule has 2 aromatic carbocycles. The lowest BCUT2D eigenvalue weighted by Gasteiger charge is -2.40. The van der Waals surface area contributed by atoms with Crippen molar-refractivity contribution >= 4 is 29.9 Å². The quantitative estimate of drug-likeness (QED) is 0.137. The zero-order chi connectivity index (χ0) is 54.7. The van der Waals surface area contributed by atoms with Crippen LogP contribution in [0.3, 0.4) is 0 Å². The Balaban J connectivity index is 0.000000221. The van der Waals surface area contributed by atoms with Crippen molar-refractivity contribution in [3.8, 4) is 0 Å². The molecule has 1 N–H and O–H groups in total. The van der Waals surface area contributed by atoms with Crippen molar-refractivity contribution in [1.29, 1.82) is 0 Å². The van der Waals surface area contributed by atoms with Gasteiger partial charge in [-0.3, -0.25) is 9.80 Å². The number of piperidine rings is 2. The average molecular weight is 1050 g/mol. The largest absolute Gasteiger partial charge is 0.439 e. The summed E-state index contributed by atoms with van der Waals surface area (Å²) >= 11 is 0. The fourth-order valence-electron chi connectivity index (χ4n) is 10.9. The van der Waals surface area contributed by atoms with Crippen LogP contribution in [0.15, 0.2) is 60.9 Å². The van der Waals surface area contributed by atoms with E-state index in [1.807, 2.05) is 44.0 Å². The number of aryl methyl sites for hydroxylation is 4. The first-order chi connectivity index (χ1) is 35.4. The summed E-state index contributed by atoms with van der Waals surface area (Å²) in [6.45, 7) is 20.1. The maximum absolute atomic E-state index is 13.5. The minimum Gasteiger partial charge on any atom is -0.439 e. The van der Waals surface area contributed by atoms with Crippen molar-refractivity contribution in [3.05, 3.63) is 117 Å². The number of pyridine rings is 2. The predicted molar refractivity (Wildman–Crippen MR) is 274 cm³/mol. The summed E-state index contributed by atoms with van der Waals surface area (Å²) in [7, 11) is 3.50. The first kappa shape index (κ1) is 56.4. The molecule has 8 rings (SSSR count). The highest BCUT2D eigenvalue weighted by atomic mass is 19.4. The number of nitrogens with zero attached hydrogens (tertiary/aromatic N) is 8. The van der Waals surface area contributed by atoms with Gasteiger partial charge >= 0.3 is 30.6 Å². The van der Waals surface area contributed by atoms with E-state index in [9.17, 15) is 40.7 Å². The Morgan fingerprint density at radius 2 is 1.03 bits per heavy atom. The third-order valence-corrected chi connectivity index (χ3v) is 14.7. The van der Waals surface area contributed by atoms with Crippen molar-refractivity contribution < 1.29 is 50.2 Å². The van der Waals surface area contributed by atoms with Crippen LogP contribution in [0.5, 0.6) is 0 Å². The lowest BCUT2D eigenvalue weighted by Crippen LogP contribution is -2.49. The number of aromatic nitrogens is 2. The van der Waals surface area contributed by atoms with Gasteiger partial charge in [-0.05, 0) is 153 Å². The zero-order valence-corrected chi connectivity index (χ0v) is 44.6. The van der Waals surface area contributed by atoms with E-state index in [4.69, 9.17) is 19.4 Å². The molecule has 4 saturated heterocycles. The molecule has 4 aliphatic rings. The summed E-state index contributed by atoms with van der Waals surface area (Å²) in [6, 6.07) is 11.3. The molecule has 20 heteroatoms. The van der Waals surface area contributed by atoms with E-state index in [2.05, 4.69) is 29.0 Å². The number of amides is 4. The van der Waals surface area contributed by atoms with Gasteiger partial charge in [-0.2, -0.15) is 26.3 Å². The molecule has 0 saturated carbocycles. The monoisotopic (exact) mass is 1050 g/mol. The summed E-state index contributed by atoms with van der Waals surface area (Å²) < 4.78 is 91.8. The topological polar surface area (TPSA) is 127 Å². The van der Waals surface area contributed by atoms with Gasteiger partial charge in [0, 0.05) is 75.9 Å². The Morgan fingerprint density at radius 3 is 1.40 bits per heavy atom. The number of hydrogen-bond acceptors (Lipinski definition) is 10. The SMILES string of the molecule is CCN(c1ncc(C)cc1CN1C(=O)O[C@H](c2cc(C)cc(C(F)(F)F)c2)[C@@H]1C)C1CCN(C(=O)N(C)C)CC1.CCN(c1ncc(C)cc1CN1C(=O)O[C@H](c2cc(C)cc(C(F)(F)F)c2)[C@@H]1C)C1CCNCC1. The van der Waals surface area contributed by atoms with Gasteiger partial charge in [0.05, 0.1) is 36.3 Å². The number of carbonyl (C=O) groups excluding carboxylic acids is 3. The lowest BCUT2D eigenvalue weighted by molar-refractivity contribution is -0.138. The van der Waals surface area contributed by atoms with E-state index >= 15 is 0 Å². The zero-order valence-electron chi connectivity index (χ0n) is 44.6. The number of nitrogens with one attached hydrogen (secondary N) is 1. The minimum absolute atomic E-state index is 0.00250. The summed E-state index contributed by atoms with van der Waals surface area (Å²) in [5, 5.41) is 3.39. The molecule has 4 amide bonds. The summed E-state index contributed by atoms with van der Waals surface area (Å²) in [4.78, 5) is 59.0. The number of anilines is 2. The highest BCUT2D eigenvalue weighted by Gasteiger charge is 2.44. The molecular formula is C55H71F6N9O5. The number of alkyl halides is 6. The van der Waals surface area contributed by atoms with Crippen LogP contribution in [0.4, 0.5) is 52.4 Å². The molecule has 4 aromatic rings. The first-order valence-corrected chi connectivity index (χ1v) is 25.8. The van der Waals surface area contributed by atoms with Crippen molar-refractivity contribution in [1.82, 2.24) is 34.9 Å². The van der Waals surface area contributed by atoms with Gasteiger partial charge in [0.2, 0.25) is 0 Å². The Kier molecular flexibility index (Phi) is 17.5. The standard InChI is InChI=1S/C29H38F3N5O3.C26H33F3N4O2/c1-7-36(24-8-10-35(11-9-24)27(38)34(5)6)26-22(13-19(3)16-33-26)17-37-20(4)25(40-28(37)39)21-12-18(2)14-23(15-21)29(30,31)32;1-5-32(22-6-8-30-9-7-22)24-20(11-17(3)14-31-24)15-33-18(4)23(35-25(33)34)19-10-16(2)12-21(13-19)26(27,28)29/h12-16,20,24-25H,7-11,17H2,1-6H3;10-14,18,22-23,30H,5-9,15H2,1-4H3/t20-,25-;18-,23-/m00/s1. The summed E-state index contributed by atoms with van der Waals surface area (Å²) in [6.07, 6.45) is -4.41. The van der Waals surface area contributed by atoms with Crippen LogP contribution in [-0.4, -0.2) is 125 Å². The highest BCUT2D eigenvalue weighted by molar-refractivity contribution is 5.74. The lowest BCUT2D eigenvalue weighted by atomic mass is 9.98. The fourth-order valence-corrected chi connectivity index (χ4v) is 10.9. The van der Waals surface area contributed by atoms with Crippen molar-refractivity contribution in [2.24, 2.45) is 0 Å². The van der Waals surface area contributed by atoms with E-state index in [1.165, 1.54) is 0 Å². The normalized spacial score (nSPS) is 20.7. The van der Waals surface area contributed by atoms with E-state index in [0.29, 0.717) is 47.9 Å². The van der Waals surface area contributed by atoms with Gasteiger partial charge in [-0.1, -0.05) is 23.3 Å². The molecule has 4 fully saturated rings. The van der Waals surface area contributed by atoms with Crippen LogP contribution in [0.25, 0.3) is 0 Å². The third-order valence-electron chi connectivity index (χ3n) is 14.7. The van der Waals surface area contributed by atoms with E-state index in [0.717, 1.165) is 103 Å². The molecular weight excluding hydrogens is 981 g/mol. The highest BCUT2D eigenvalue weighted by Crippen LogP contribution is 2.41.